The molecule has 23 heavy (non-hydrogen) atoms. The van der Waals surface area contributed by atoms with Gasteiger partial charge in [0.15, 0.2) is 11.4 Å². The average Bonchev–Trinajstić information content (AvgIpc) is 3.10. The van der Waals surface area contributed by atoms with E-state index in [1.54, 1.807) is 30.9 Å². The molecule has 0 bridgehead atoms. The Balaban J connectivity index is 1.66. The van der Waals surface area contributed by atoms with E-state index in [2.05, 4.69) is 15.2 Å². The van der Waals surface area contributed by atoms with Crippen molar-refractivity contribution in [2.75, 3.05) is 0 Å². The first-order valence-electron chi connectivity index (χ1n) is 7.16. The minimum Gasteiger partial charge on any atom is -0.289 e. The van der Waals surface area contributed by atoms with Crippen molar-refractivity contribution in [1.82, 2.24) is 19.6 Å². The van der Waals surface area contributed by atoms with Gasteiger partial charge in [0.05, 0.1) is 0 Å². The van der Waals surface area contributed by atoms with Gasteiger partial charge in [0.25, 0.3) is 0 Å². The zero-order valence-electron chi connectivity index (χ0n) is 12.1. The first-order chi connectivity index (χ1) is 11.3. The molecular weight excluding hydrogens is 288 g/mol. The van der Waals surface area contributed by atoms with Gasteiger partial charge in [-0.25, -0.2) is 0 Å². The number of fused-ring (bicyclic) bond motifs is 1. The van der Waals surface area contributed by atoms with E-state index in [0.717, 1.165) is 16.8 Å². The van der Waals surface area contributed by atoms with Gasteiger partial charge in [-0.3, -0.25) is 14.2 Å². The minimum atomic E-state index is -0.0288. The van der Waals surface area contributed by atoms with Gasteiger partial charge >= 0.3 is 0 Å². The van der Waals surface area contributed by atoms with E-state index in [-0.39, 0.29) is 5.78 Å². The number of benzene rings is 1. The van der Waals surface area contributed by atoms with Crippen molar-refractivity contribution in [3.63, 3.8) is 0 Å². The summed E-state index contributed by atoms with van der Waals surface area (Å²) in [4.78, 5) is 16.4. The van der Waals surface area contributed by atoms with Gasteiger partial charge in [0, 0.05) is 29.7 Å². The second kappa shape index (κ2) is 5.46. The quantitative estimate of drug-likeness (QED) is 0.546. The molecule has 5 heteroatoms. The van der Waals surface area contributed by atoms with Crippen LogP contribution in [-0.4, -0.2) is 25.4 Å². The van der Waals surface area contributed by atoms with E-state index in [0.29, 0.717) is 11.1 Å². The molecule has 0 fully saturated rings. The fourth-order valence-electron chi connectivity index (χ4n) is 2.48. The third-order valence-electron chi connectivity index (χ3n) is 3.70. The second-order valence-electron chi connectivity index (χ2n) is 5.16. The maximum absolute atomic E-state index is 12.4. The van der Waals surface area contributed by atoms with E-state index in [1.165, 1.54) is 0 Å². The maximum Gasteiger partial charge on any atom is 0.194 e. The number of rotatable bonds is 3. The van der Waals surface area contributed by atoms with E-state index < -0.39 is 0 Å². The molecule has 0 aliphatic rings. The molecule has 1 aromatic carbocycles. The highest BCUT2D eigenvalue weighted by molar-refractivity contribution is 6.08. The summed E-state index contributed by atoms with van der Waals surface area (Å²) in [7, 11) is 0. The molecule has 0 atom stereocenters. The first-order valence-corrected chi connectivity index (χ1v) is 7.16. The normalized spacial score (nSPS) is 10.8. The Morgan fingerprint density at radius 1 is 0.913 bits per heavy atom. The Morgan fingerprint density at radius 3 is 2.52 bits per heavy atom. The molecule has 5 nitrogen and oxygen atoms in total. The van der Waals surface area contributed by atoms with E-state index in [1.807, 2.05) is 47.0 Å². The smallest absolute Gasteiger partial charge is 0.194 e. The molecule has 4 aromatic rings. The van der Waals surface area contributed by atoms with Crippen LogP contribution in [0.3, 0.4) is 0 Å². The lowest BCUT2D eigenvalue weighted by molar-refractivity contribution is 0.103. The zero-order valence-corrected chi connectivity index (χ0v) is 12.1. The number of ketones is 1. The van der Waals surface area contributed by atoms with Gasteiger partial charge < -0.3 is 0 Å². The Morgan fingerprint density at radius 2 is 1.74 bits per heavy atom. The highest BCUT2D eigenvalue weighted by Crippen LogP contribution is 2.21. The van der Waals surface area contributed by atoms with E-state index in [4.69, 9.17) is 0 Å². The SMILES string of the molecule is O=C(c1ccc(-c2ccc3nncn3c2)cc1)c1cccnc1. The Kier molecular flexibility index (Phi) is 3.16. The molecule has 0 aliphatic heterocycles. The molecule has 3 heterocycles. The van der Waals surface area contributed by atoms with Crippen molar-refractivity contribution in [2.45, 2.75) is 0 Å². The van der Waals surface area contributed by atoms with E-state index in [9.17, 15) is 4.79 Å². The summed E-state index contributed by atoms with van der Waals surface area (Å²) >= 11 is 0. The number of nitrogens with zero attached hydrogens (tertiary/aromatic N) is 4. The van der Waals surface area contributed by atoms with Gasteiger partial charge in [0.1, 0.15) is 6.33 Å². The van der Waals surface area contributed by atoms with Crippen LogP contribution in [0, 0.1) is 0 Å². The molecule has 0 aliphatic carbocycles. The van der Waals surface area contributed by atoms with Crippen LogP contribution < -0.4 is 0 Å². The number of pyridine rings is 2. The highest BCUT2D eigenvalue weighted by atomic mass is 16.1. The summed E-state index contributed by atoms with van der Waals surface area (Å²) in [5, 5.41) is 7.86. The number of aromatic nitrogens is 4. The van der Waals surface area contributed by atoms with Crippen molar-refractivity contribution < 1.29 is 4.79 Å². The minimum absolute atomic E-state index is 0.0288. The summed E-state index contributed by atoms with van der Waals surface area (Å²) in [6, 6.07) is 15.0. The molecule has 110 valence electrons. The summed E-state index contributed by atoms with van der Waals surface area (Å²) in [5.74, 6) is -0.0288. The highest BCUT2D eigenvalue weighted by Gasteiger charge is 2.09. The van der Waals surface area contributed by atoms with Crippen LogP contribution in [0.5, 0.6) is 0 Å². The monoisotopic (exact) mass is 300 g/mol. The fourth-order valence-corrected chi connectivity index (χ4v) is 2.48. The van der Waals surface area contributed by atoms with Gasteiger partial charge in [-0.15, -0.1) is 10.2 Å². The predicted octanol–water partition coefficient (Wildman–Crippen LogP) is 3.02. The fraction of sp³-hybridized carbons (Fsp3) is 0. The van der Waals surface area contributed by atoms with Crippen molar-refractivity contribution in [3.05, 3.63) is 84.6 Å². The van der Waals surface area contributed by atoms with Gasteiger partial charge in [-0.2, -0.15) is 0 Å². The lowest BCUT2D eigenvalue weighted by atomic mass is 10.0. The molecule has 0 spiro atoms. The maximum atomic E-state index is 12.4. The molecule has 3 aromatic heterocycles. The van der Waals surface area contributed by atoms with Crippen molar-refractivity contribution in [3.8, 4) is 11.1 Å². The lowest BCUT2D eigenvalue weighted by Gasteiger charge is -2.05. The average molecular weight is 300 g/mol. The van der Waals surface area contributed by atoms with Crippen LogP contribution in [-0.2, 0) is 0 Å². The van der Waals surface area contributed by atoms with Crippen LogP contribution in [0.15, 0.2) is 73.4 Å². The molecule has 4 rings (SSSR count). The summed E-state index contributed by atoms with van der Waals surface area (Å²) in [6.45, 7) is 0. The van der Waals surface area contributed by atoms with Gasteiger partial charge in [-0.1, -0.05) is 24.3 Å². The van der Waals surface area contributed by atoms with Crippen LogP contribution in [0.25, 0.3) is 16.8 Å². The first kappa shape index (κ1) is 13.3. The number of carbonyl (C=O) groups excluding carboxylic acids is 1. The topological polar surface area (TPSA) is 60.2 Å². The van der Waals surface area contributed by atoms with Gasteiger partial charge in [-0.05, 0) is 35.4 Å². The van der Waals surface area contributed by atoms with Crippen molar-refractivity contribution >= 4 is 11.4 Å². The predicted molar refractivity (Wildman–Crippen MR) is 86.1 cm³/mol. The Labute approximate surface area is 132 Å². The third kappa shape index (κ3) is 2.48. The molecule has 0 unspecified atom stereocenters. The Bertz CT molecular complexity index is 975. The number of hydrogen-bond donors (Lipinski definition) is 0. The molecular formula is C18H12N4O. The van der Waals surface area contributed by atoms with Crippen molar-refractivity contribution in [2.24, 2.45) is 0 Å². The van der Waals surface area contributed by atoms with Crippen molar-refractivity contribution in [1.29, 1.82) is 0 Å². The van der Waals surface area contributed by atoms with Crippen LogP contribution in [0.4, 0.5) is 0 Å². The molecule has 0 N–H and O–H groups in total. The van der Waals surface area contributed by atoms with Gasteiger partial charge in [0.2, 0.25) is 0 Å². The molecule has 0 radical (unpaired) electrons. The second-order valence-corrected chi connectivity index (χ2v) is 5.16. The standard InChI is InChI=1S/C18H12N4O/c23-18(15-2-1-9-19-10-15)14-5-3-13(4-6-14)16-7-8-17-21-20-12-22(17)11-16/h1-12H. The summed E-state index contributed by atoms with van der Waals surface area (Å²) in [6.07, 6.45) is 6.86. The van der Waals surface area contributed by atoms with E-state index >= 15 is 0 Å². The third-order valence-corrected chi connectivity index (χ3v) is 3.70. The summed E-state index contributed by atoms with van der Waals surface area (Å²) < 4.78 is 1.87. The van der Waals surface area contributed by atoms with Crippen LogP contribution in [0.1, 0.15) is 15.9 Å². The zero-order chi connectivity index (χ0) is 15.6. The van der Waals surface area contributed by atoms with Crippen LogP contribution in [0.2, 0.25) is 0 Å². The lowest BCUT2D eigenvalue weighted by Crippen LogP contribution is -2.01. The Hall–Kier alpha value is -3.34. The molecule has 0 amide bonds. The largest absolute Gasteiger partial charge is 0.289 e. The molecule has 0 saturated heterocycles. The molecule has 0 saturated carbocycles. The summed E-state index contributed by atoms with van der Waals surface area (Å²) in [5.41, 5.74) is 4.11. The number of carbonyl (C=O) groups is 1. The van der Waals surface area contributed by atoms with Crippen LogP contribution >= 0.6 is 0 Å². The number of hydrogen-bond acceptors (Lipinski definition) is 4.